The van der Waals surface area contributed by atoms with Gasteiger partial charge in [-0.1, -0.05) is 18.2 Å². The predicted octanol–water partition coefficient (Wildman–Crippen LogP) is 3.06. The highest BCUT2D eigenvalue weighted by molar-refractivity contribution is 5.97. The number of amides is 1. The van der Waals surface area contributed by atoms with Crippen LogP contribution in [-0.4, -0.2) is 5.91 Å². The number of halogens is 3. The van der Waals surface area contributed by atoms with Gasteiger partial charge in [-0.3, -0.25) is 4.79 Å². The van der Waals surface area contributed by atoms with Crippen molar-refractivity contribution < 1.29 is 22.4 Å². The molecule has 0 atom stereocenters. The summed E-state index contributed by atoms with van der Waals surface area (Å²) < 4.78 is 43.3. The molecule has 0 radical (unpaired) electrons. The number of primary amides is 1. The summed E-state index contributed by atoms with van der Waals surface area (Å²) in [6.07, 6.45) is -3.38. The monoisotopic (exact) mass is 255 g/mol. The van der Waals surface area contributed by atoms with Crippen molar-refractivity contribution in [1.29, 1.82) is 0 Å². The van der Waals surface area contributed by atoms with E-state index in [1.54, 1.807) is 0 Å². The Morgan fingerprint density at radius 3 is 2.39 bits per heavy atom. The van der Waals surface area contributed by atoms with Crippen molar-refractivity contribution in [2.24, 2.45) is 5.73 Å². The lowest BCUT2D eigenvalue weighted by molar-refractivity contribution is -0.137. The first-order valence-electron chi connectivity index (χ1n) is 4.95. The van der Waals surface area contributed by atoms with Crippen molar-refractivity contribution in [2.45, 2.75) is 6.18 Å². The molecule has 3 nitrogen and oxygen atoms in total. The van der Waals surface area contributed by atoms with Crippen LogP contribution in [0.25, 0.3) is 11.1 Å². The molecule has 1 aromatic carbocycles. The zero-order valence-electron chi connectivity index (χ0n) is 8.99. The Kier molecular flexibility index (Phi) is 2.86. The normalized spacial score (nSPS) is 11.5. The molecule has 0 aliphatic rings. The summed E-state index contributed by atoms with van der Waals surface area (Å²) in [6, 6.07) is 6.20. The number of nitrogens with two attached hydrogens (primary N) is 1. The average Bonchev–Trinajstić information content (AvgIpc) is 2.76. The molecule has 1 heterocycles. The molecule has 2 N–H and O–H groups in total. The molecule has 2 rings (SSSR count). The molecule has 2 aromatic rings. The number of hydrogen-bond donors (Lipinski definition) is 1. The minimum atomic E-state index is -4.51. The maximum Gasteiger partial charge on any atom is 0.417 e. The van der Waals surface area contributed by atoms with E-state index in [1.807, 2.05) is 0 Å². The van der Waals surface area contributed by atoms with Gasteiger partial charge < -0.3 is 10.2 Å². The lowest BCUT2D eigenvalue weighted by Crippen LogP contribution is -2.12. The van der Waals surface area contributed by atoms with Gasteiger partial charge >= 0.3 is 6.18 Å². The Morgan fingerprint density at radius 2 is 1.78 bits per heavy atom. The topological polar surface area (TPSA) is 56.2 Å². The van der Waals surface area contributed by atoms with Gasteiger partial charge in [-0.05, 0) is 17.7 Å². The van der Waals surface area contributed by atoms with Gasteiger partial charge in [0.15, 0.2) is 5.76 Å². The highest BCUT2D eigenvalue weighted by Crippen LogP contribution is 2.38. The highest BCUT2D eigenvalue weighted by Gasteiger charge is 2.34. The van der Waals surface area contributed by atoms with Crippen LogP contribution in [0.4, 0.5) is 13.2 Å². The summed E-state index contributed by atoms with van der Waals surface area (Å²) in [5.41, 5.74) is 4.11. The third-order valence-corrected chi connectivity index (χ3v) is 2.41. The first-order valence-corrected chi connectivity index (χ1v) is 4.95. The summed E-state index contributed by atoms with van der Waals surface area (Å²) in [5.74, 6) is -1.20. The molecule has 1 amide bonds. The maximum absolute atomic E-state index is 12.8. The van der Waals surface area contributed by atoms with Gasteiger partial charge in [0.1, 0.15) is 0 Å². The molecule has 0 aliphatic carbocycles. The minimum absolute atomic E-state index is 0.0374. The van der Waals surface area contributed by atoms with Crippen LogP contribution in [0.1, 0.15) is 16.1 Å². The van der Waals surface area contributed by atoms with Crippen LogP contribution in [0.5, 0.6) is 0 Å². The Hall–Kier alpha value is -2.24. The Balaban J connectivity index is 2.65. The number of carbonyl (C=O) groups is 1. The van der Waals surface area contributed by atoms with Crippen molar-refractivity contribution in [1.82, 2.24) is 0 Å². The number of rotatable bonds is 2. The van der Waals surface area contributed by atoms with Crippen molar-refractivity contribution in [3.63, 3.8) is 0 Å². The number of carbonyl (C=O) groups excluding carboxylic acids is 1. The summed E-state index contributed by atoms with van der Waals surface area (Å²) in [7, 11) is 0. The van der Waals surface area contributed by atoms with Crippen LogP contribution >= 0.6 is 0 Å². The van der Waals surface area contributed by atoms with E-state index >= 15 is 0 Å². The zero-order chi connectivity index (χ0) is 13.3. The van der Waals surface area contributed by atoms with Crippen LogP contribution in [0.3, 0.4) is 0 Å². The summed E-state index contributed by atoms with van der Waals surface area (Å²) in [5, 5.41) is 0. The van der Waals surface area contributed by atoms with Crippen LogP contribution < -0.4 is 5.73 Å². The number of furan rings is 1. The maximum atomic E-state index is 12.8. The third kappa shape index (κ3) is 2.09. The van der Waals surface area contributed by atoms with Crippen molar-refractivity contribution in [3.8, 4) is 11.1 Å². The molecule has 0 saturated carbocycles. The van der Waals surface area contributed by atoms with Gasteiger partial charge in [0, 0.05) is 5.56 Å². The van der Waals surface area contributed by atoms with Crippen LogP contribution in [0.15, 0.2) is 41.0 Å². The van der Waals surface area contributed by atoms with Gasteiger partial charge in [0.2, 0.25) is 0 Å². The Morgan fingerprint density at radius 1 is 1.11 bits per heavy atom. The second-order valence-corrected chi connectivity index (χ2v) is 3.57. The van der Waals surface area contributed by atoms with E-state index in [2.05, 4.69) is 0 Å². The molecule has 0 unspecified atom stereocenters. The molecule has 0 spiro atoms. The van der Waals surface area contributed by atoms with E-state index < -0.39 is 17.6 Å². The first-order chi connectivity index (χ1) is 8.41. The molecule has 1 aromatic heterocycles. The highest BCUT2D eigenvalue weighted by atomic mass is 19.4. The predicted molar refractivity (Wildman–Crippen MR) is 57.7 cm³/mol. The molecule has 6 heteroatoms. The SMILES string of the molecule is NC(=O)c1occc1-c1ccccc1C(F)(F)F. The fourth-order valence-corrected chi connectivity index (χ4v) is 1.68. The van der Waals surface area contributed by atoms with Crippen molar-refractivity contribution in [2.75, 3.05) is 0 Å². The zero-order valence-corrected chi connectivity index (χ0v) is 8.99. The smallest absolute Gasteiger partial charge is 0.417 e. The van der Waals surface area contributed by atoms with E-state index in [0.717, 1.165) is 12.3 Å². The van der Waals surface area contributed by atoms with Gasteiger partial charge in [-0.2, -0.15) is 13.2 Å². The van der Waals surface area contributed by atoms with Gasteiger partial charge in [-0.25, -0.2) is 0 Å². The van der Waals surface area contributed by atoms with E-state index in [0.29, 0.717) is 0 Å². The quantitative estimate of drug-likeness (QED) is 0.896. The van der Waals surface area contributed by atoms with Crippen LogP contribution in [0.2, 0.25) is 0 Å². The fourth-order valence-electron chi connectivity index (χ4n) is 1.68. The minimum Gasteiger partial charge on any atom is -0.459 e. The molecular weight excluding hydrogens is 247 g/mol. The number of alkyl halides is 3. The molecule has 18 heavy (non-hydrogen) atoms. The third-order valence-electron chi connectivity index (χ3n) is 2.41. The number of hydrogen-bond acceptors (Lipinski definition) is 2. The molecule has 0 fully saturated rings. The Labute approximate surface area is 100 Å². The molecule has 94 valence electrons. The van der Waals surface area contributed by atoms with Gasteiger partial charge in [0.05, 0.1) is 11.8 Å². The Bertz CT molecular complexity index is 587. The van der Waals surface area contributed by atoms with Crippen molar-refractivity contribution in [3.05, 3.63) is 47.9 Å². The summed E-state index contributed by atoms with van der Waals surface area (Å²) in [6.45, 7) is 0. The number of benzene rings is 1. The second-order valence-electron chi connectivity index (χ2n) is 3.57. The standard InChI is InChI=1S/C12H8F3NO2/c13-12(14,15)9-4-2-1-3-7(9)8-5-6-18-10(8)11(16)17/h1-6H,(H2,16,17). The van der Waals surface area contributed by atoms with E-state index in [4.69, 9.17) is 10.2 Å². The molecule has 0 aliphatic heterocycles. The van der Waals surface area contributed by atoms with Gasteiger partial charge in [-0.15, -0.1) is 0 Å². The fraction of sp³-hybridized carbons (Fsp3) is 0.0833. The second kappa shape index (κ2) is 4.21. The van der Waals surface area contributed by atoms with Gasteiger partial charge in [0.25, 0.3) is 5.91 Å². The first kappa shape index (κ1) is 12.2. The molecule has 0 saturated heterocycles. The van der Waals surface area contributed by atoms with E-state index in [-0.39, 0.29) is 16.9 Å². The summed E-state index contributed by atoms with van der Waals surface area (Å²) in [4.78, 5) is 11.1. The largest absolute Gasteiger partial charge is 0.459 e. The van der Waals surface area contributed by atoms with Crippen LogP contribution in [0, 0.1) is 0 Å². The van der Waals surface area contributed by atoms with Crippen LogP contribution in [-0.2, 0) is 6.18 Å². The molecular formula is C12H8F3NO2. The average molecular weight is 255 g/mol. The summed E-state index contributed by atoms with van der Waals surface area (Å²) >= 11 is 0. The lowest BCUT2D eigenvalue weighted by Gasteiger charge is -2.11. The van der Waals surface area contributed by atoms with Crippen molar-refractivity contribution >= 4 is 5.91 Å². The lowest BCUT2D eigenvalue weighted by atomic mass is 9.99. The molecule has 0 bridgehead atoms. The van der Waals surface area contributed by atoms with E-state index in [9.17, 15) is 18.0 Å². The van der Waals surface area contributed by atoms with E-state index in [1.165, 1.54) is 24.3 Å².